The lowest BCUT2D eigenvalue weighted by atomic mass is 9.95. The molecule has 1 aliphatic rings. The lowest BCUT2D eigenvalue weighted by Crippen LogP contribution is -2.26. The average Bonchev–Trinajstić information content (AvgIpc) is 3.54. The molecule has 1 atom stereocenters. The highest BCUT2D eigenvalue weighted by atomic mass is 16.5. The van der Waals surface area contributed by atoms with Gasteiger partial charge in [0.25, 0.3) is 0 Å². The summed E-state index contributed by atoms with van der Waals surface area (Å²) in [6, 6.07) is 29.6. The van der Waals surface area contributed by atoms with Gasteiger partial charge >= 0.3 is 17.9 Å². The number of carboxylic acid groups (broad SMARTS) is 1. The van der Waals surface area contributed by atoms with Gasteiger partial charge in [-0.2, -0.15) is 0 Å². The van der Waals surface area contributed by atoms with Crippen LogP contribution in [0.25, 0.3) is 22.3 Å². The molecule has 1 unspecified atom stereocenters. The van der Waals surface area contributed by atoms with Gasteiger partial charge in [-0.3, -0.25) is 19.3 Å². The van der Waals surface area contributed by atoms with E-state index < -0.39 is 11.9 Å². The first-order valence-electron chi connectivity index (χ1n) is 20.8. The lowest BCUT2D eigenvalue weighted by molar-refractivity contribution is -0.139. The van der Waals surface area contributed by atoms with Crippen molar-refractivity contribution in [2.45, 2.75) is 64.2 Å². The highest BCUT2D eigenvalue weighted by molar-refractivity contribution is 6.06. The molecule has 4 aromatic rings. The molecule has 12 nitrogen and oxygen atoms in total. The standard InChI is InChI=1S/C28H31NO6.C22H24O5/c1-3-27(32)35-17-7-5-4-6-16-34-24-14-12-21(13-15-24)20-8-10-22(11-9-20)25(30)18-23-19-26(31)29(2)28(23)33;1-2-21(23)27-16-6-4-3-5-15-26-20-13-11-18(12-14-20)17-7-9-19(10-8-17)22(24)25/h3,8-15,23H,1,4-7,16-19H2,2H3;2,7-14H,1,3-6,15-16H2,(H,24,25). The lowest BCUT2D eigenvalue weighted by Gasteiger charge is -2.09. The van der Waals surface area contributed by atoms with E-state index in [0.29, 0.717) is 32.0 Å². The topological polar surface area (TPSA) is 163 Å². The van der Waals surface area contributed by atoms with Gasteiger partial charge in [-0.15, -0.1) is 0 Å². The smallest absolute Gasteiger partial charge is 0.335 e. The molecule has 1 fully saturated rings. The number of esters is 2. The molecule has 1 aliphatic heterocycles. The van der Waals surface area contributed by atoms with Crippen LogP contribution in [0.5, 0.6) is 11.5 Å². The zero-order valence-corrected chi connectivity index (χ0v) is 35.3. The molecule has 0 spiro atoms. The Morgan fingerprint density at radius 3 is 1.31 bits per heavy atom. The summed E-state index contributed by atoms with van der Waals surface area (Å²) in [5, 5.41) is 8.94. The highest BCUT2D eigenvalue weighted by Gasteiger charge is 2.37. The fraction of sp³-hybridized carbons (Fsp3) is 0.320. The first kappa shape index (κ1) is 47.9. The molecule has 1 N–H and O–H groups in total. The first-order valence-corrected chi connectivity index (χ1v) is 20.8. The number of hydrogen-bond acceptors (Lipinski definition) is 10. The highest BCUT2D eigenvalue weighted by Crippen LogP contribution is 2.27. The monoisotopic (exact) mass is 845 g/mol. The third-order valence-corrected chi connectivity index (χ3v) is 10.1. The van der Waals surface area contributed by atoms with Gasteiger partial charge in [0.1, 0.15) is 11.5 Å². The van der Waals surface area contributed by atoms with Gasteiger partial charge in [-0.25, -0.2) is 14.4 Å². The van der Waals surface area contributed by atoms with Crippen molar-refractivity contribution in [3.63, 3.8) is 0 Å². The summed E-state index contributed by atoms with van der Waals surface area (Å²) in [5.41, 5.74) is 4.75. The summed E-state index contributed by atoms with van der Waals surface area (Å²) in [7, 11) is 1.45. The summed E-state index contributed by atoms with van der Waals surface area (Å²) < 4.78 is 21.4. The van der Waals surface area contributed by atoms with Crippen LogP contribution in [0, 0.1) is 5.92 Å². The molecule has 0 bridgehead atoms. The summed E-state index contributed by atoms with van der Waals surface area (Å²) in [6.07, 6.45) is 9.97. The number of imide groups is 1. The van der Waals surface area contributed by atoms with E-state index in [1.807, 2.05) is 60.7 Å². The molecule has 4 aromatic carbocycles. The Kier molecular flexibility index (Phi) is 19.9. The maximum Gasteiger partial charge on any atom is 0.335 e. The zero-order chi connectivity index (χ0) is 44.7. The molecule has 326 valence electrons. The minimum absolute atomic E-state index is 0.0447. The number of carbonyl (C=O) groups excluding carboxylic acids is 5. The number of ether oxygens (including phenoxy) is 4. The van der Waals surface area contributed by atoms with Crippen molar-refractivity contribution < 1.29 is 52.8 Å². The van der Waals surface area contributed by atoms with Gasteiger partial charge in [-0.1, -0.05) is 73.8 Å². The van der Waals surface area contributed by atoms with E-state index in [0.717, 1.165) is 90.0 Å². The predicted octanol–water partition coefficient (Wildman–Crippen LogP) is 9.32. The Morgan fingerprint density at radius 1 is 0.581 bits per heavy atom. The molecular weight excluding hydrogens is 791 g/mol. The van der Waals surface area contributed by atoms with Crippen molar-refractivity contribution in [3.05, 3.63) is 133 Å². The van der Waals surface area contributed by atoms with Crippen molar-refractivity contribution in [3.8, 4) is 33.8 Å². The van der Waals surface area contributed by atoms with Crippen molar-refractivity contribution in [1.82, 2.24) is 4.90 Å². The maximum atomic E-state index is 12.6. The molecule has 0 aromatic heterocycles. The second-order valence-corrected chi connectivity index (χ2v) is 14.6. The molecule has 0 radical (unpaired) electrons. The fourth-order valence-corrected chi connectivity index (χ4v) is 6.43. The first-order chi connectivity index (χ1) is 30.0. The van der Waals surface area contributed by atoms with Crippen LogP contribution in [0.15, 0.2) is 122 Å². The van der Waals surface area contributed by atoms with Crippen LogP contribution in [-0.4, -0.2) is 79.0 Å². The number of carboxylic acids is 1. The average molecular weight is 846 g/mol. The number of likely N-dealkylation sites (tertiary alicyclic amines) is 1. The SMILES string of the molecule is C=CC(=O)OCCCCCCOc1ccc(-c2ccc(C(=O)CC3CC(=O)N(C)C3=O)cc2)cc1.C=CC(=O)OCCCCCCOc1ccc(-c2ccc(C(=O)O)cc2)cc1. The number of aromatic carboxylic acids is 1. The number of Topliss-reactive ketones (excluding diaryl/α,β-unsaturated/α-hetero) is 1. The molecule has 0 saturated carbocycles. The summed E-state index contributed by atoms with van der Waals surface area (Å²) in [4.78, 5) is 70.1. The van der Waals surface area contributed by atoms with E-state index >= 15 is 0 Å². The second-order valence-electron chi connectivity index (χ2n) is 14.6. The second kappa shape index (κ2) is 25.7. The van der Waals surface area contributed by atoms with Gasteiger partial charge in [0.15, 0.2) is 5.78 Å². The Balaban J connectivity index is 0.000000282. The Hall–Kier alpha value is -6.82. The van der Waals surface area contributed by atoms with Gasteiger partial charge in [0.05, 0.1) is 37.9 Å². The number of hydrogen-bond donors (Lipinski definition) is 1. The van der Waals surface area contributed by atoms with Crippen LogP contribution in [0.4, 0.5) is 0 Å². The van der Waals surface area contributed by atoms with Crippen molar-refractivity contribution in [1.29, 1.82) is 0 Å². The minimum Gasteiger partial charge on any atom is -0.494 e. The van der Waals surface area contributed by atoms with Gasteiger partial charge in [0, 0.05) is 37.6 Å². The quantitative estimate of drug-likeness (QED) is 0.0235. The largest absolute Gasteiger partial charge is 0.494 e. The van der Waals surface area contributed by atoms with Gasteiger partial charge < -0.3 is 24.1 Å². The van der Waals surface area contributed by atoms with E-state index in [4.69, 9.17) is 24.1 Å². The zero-order valence-electron chi connectivity index (χ0n) is 35.3. The molecule has 1 heterocycles. The predicted molar refractivity (Wildman–Crippen MR) is 236 cm³/mol. The van der Waals surface area contributed by atoms with E-state index in [9.17, 15) is 28.8 Å². The number of amides is 2. The number of nitrogens with zero attached hydrogens (tertiary/aromatic N) is 1. The summed E-state index contributed by atoms with van der Waals surface area (Å²) in [5.74, 6) is -1.31. The molecule has 2 amide bonds. The Labute approximate surface area is 363 Å². The maximum absolute atomic E-state index is 12.6. The number of carbonyl (C=O) groups is 6. The third-order valence-electron chi connectivity index (χ3n) is 10.1. The molecule has 62 heavy (non-hydrogen) atoms. The van der Waals surface area contributed by atoms with E-state index in [2.05, 4.69) is 13.2 Å². The van der Waals surface area contributed by atoms with E-state index in [1.54, 1.807) is 36.4 Å². The van der Waals surface area contributed by atoms with Crippen molar-refractivity contribution in [2.24, 2.45) is 5.92 Å². The summed E-state index contributed by atoms with van der Waals surface area (Å²) in [6.45, 7) is 8.81. The normalized spacial score (nSPS) is 13.0. The molecule has 0 aliphatic carbocycles. The number of ketones is 1. The Bertz CT molecular complexity index is 2110. The van der Waals surface area contributed by atoms with Gasteiger partial charge in [-0.05, 0) is 110 Å². The fourth-order valence-electron chi connectivity index (χ4n) is 6.43. The van der Waals surface area contributed by atoms with Crippen LogP contribution >= 0.6 is 0 Å². The Morgan fingerprint density at radius 2 is 0.952 bits per heavy atom. The number of unbranched alkanes of at least 4 members (excludes halogenated alkanes) is 6. The van der Waals surface area contributed by atoms with Crippen LogP contribution < -0.4 is 9.47 Å². The van der Waals surface area contributed by atoms with Crippen molar-refractivity contribution >= 4 is 35.5 Å². The van der Waals surface area contributed by atoms with Crippen LogP contribution in [0.3, 0.4) is 0 Å². The minimum atomic E-state index is -0.928. The number of rotatable bonds is 24. The van der Waals surface area contributed by atoms with Crippen LogP contribution in [0.1, 0.15) is 84.9 Å². The van der Waals surface area contributed by atoms with Crippen LogP contribution in [-0.2, 0) is 28.7 Å². The molecular formula is C50H55NO11. The third kappa shape index (κ3) is 16.0. The van der Waals surface area contributed by atoms with E-state index in [1.165, 1.54) is 19.2 Å². The van der Waals surface area contributed by atoms with Crippen LogP contribution in [0.2, 0.25) is 0 Å². The van der Waals surface area contributed by atoms with E-state index in [-0.39, 0.29) is 47.9 Å². The van der Waals surface area contributed by atoms with Crippen molar-refractivity contribution in [2.75, 3.05) is 33.5 Å². The molecule has 5 rings (SSSR count). The summed E-state index contributed by atoms with van der Waals surface area (Å²) >= 11 is 0. The number of benzene rings is 4. The molecule has 1 saturated heterocycles. The van der Waals surface area contributed by atoms with Gasteiger partial charge in [0.2, 0.25) is 11.8 Å². The molecule has 12 heteroatoms.